The van der Waals surface area contributed by atoms with Crippen LogP contribution in [0, 0.1) is 6.92 Å². The van der Waals surface area contributed by atoms with E-state index in [-0.39, 0.29) is 13.2 Å². The summed E-state index contributed by atoms with van der Waals surface area (Å²) in [6.45, 7) is 2.02. The quantitative estimate of drug-likeness (QED) is 0.671. The van der Waals surface area contributed by atoms with Crippen molar-refractivity contribution in [1.82, 2.24) is 0 Å². The third-order valence-electron chi connectivity index (χ3n) is 2.79. The zero-order valence-electron chi connectivity index (χ0n) is 11.3. The maximum Gasteiger partial charge on any atom is 0.344 e. The normalized spacial score (nSPS) is 10.1. The van der Waals surface area contributed by atoms with Gasteiger partial charge < -0.3 is 15.2 Å². The molecule has 0 saturated heterocycles. The van der Waals surface area contributed by atoms with Gasteiger partial charge in [-0.25, -0.2) is 4.79 Å². The first kappa shape index (κ1) is 13.9. The standard InChI is InChI=1S/C16H17NO3/c1-12-9-14(17)7-8-15(12)19-11-16(18)20-10-13-5-3-2-4-6-13/h2-9H,10-11,17H2,1H3. The highest BCUT2D eigenvalue weighted by atomic mass is 16.6. The summed E-state index contributed by atoms with van der Waals surface area (Å²) in [4.78, 5) is 11.6. The Kier molecular flexibility index (Phi) is 4.60. The summed E-state index contributed by atoms with van der Waals surface area (Å²) in [6, 6.07) is 14.8. The minimum absolute atomic E-state index is 0.114. The zero-order chi connectivity index (χ0) is 14.4. The molecule has 2 N–H and O–H groups in total. The van der Waals surface area contributed by atoms with Gasteiger partial charge in [0, 0.05) is 5.69 Å². The average Bonchev–Trinajstić information content (AvgIpc) is 2.45. The highest BCUT2D eigenvalue weighted by molar-refractivity contribution is 5.71. The van der Waals surface area contributed by atoms with Crippen LogP contribution in [0.4, 0.5) is 5.69 Å². The van der Waals surface area contributed by atoms with Gasteiger partial charge in [-0.05, 0) is 36.2 Å². The van der Waals surface area contributed by atoms with Gasteiger partial charge in [-0.1, -0.05) is 30.3 Å². The number of esters is 1. The van der Waals surface area contributed by atoms with Gasteiger partial charge in [0.15, 0.2) is 6.61 Å². The van der Waals surface area contributed by atoms with Gasteiger partial charge in [0.05, 0.1) is 0 Å². The van der Waals surface area contributed by atoms with Crippen molar-refractivity contribution in [1.29, 1.82) is 0 Å². The van der Waals surface area contributed by atoms with E-state index in [1.54, 1.807) is 18.2 Å². The van der Waals surface area contributed by atoms with Crippen LogP contribution in [-0.2, 0) is 16.1 Å². The number of carbonyl (C=O) groups excluding carboxylic acids is 1. The summed E-state index contributed by atoms with van der Waals surface area (Å²) in [7, 11) is 0. The maximum absolute atomic E-state index is 11.6. The van der Waals surface area contributed by atoms with E-state index in [1.807, 2.05) is 37.3 Å². The van der Waals surface area contributed by atoms with Crippen molar-refractivity contribution < 1.29 is 14.3 Å². The number of nitrogens with two attached hydrogens (primary N) is 1. The second kappa shape index (κ2) is 6.61. The van der Waals surface area contributed by atoms with Gasteiger partial charge in [-0.15, -0.1) is 0 Å². The van der Waals surface area contributed by atoms with E-state index in [9.17, 15) is 4.79 Å². The highest BCUT2D eigenvalue weighted by Crippen LogP contribution is 2.20. The second-order valence-electron chi connectivity index (χ2n) is 4.46. The number of hydrogen-bond acceptors (Lipinski definition) is 4. The second-order valence-corrected chi connectivity index (χ2v) is 4.46. The predicted octanol–water partition coefficient (Wildman–Crippen LogP) is 2.70. The number of nitrogen functional groups attached to an aromatic ring is 1. The molecule has 20 heavy (non-hydrogen) atoms. The molecule has 0 spiro atoms. The van der Waals surface area contributed by atoms with Gasteiger partial charge in [-0.2, -0.15) is 0 Å². The average molecular weight is 271 g/mol. The molecule has 0 aliphatic heterocycles. The van der Waals surface area contributed by atoms with E-state index in [1.165, 1.54) is 0 Å². The Labute approximate surface area is 118 Å². The van der Waals surface area contributed by atoms with Crippen LogP contribution in [0.5, 0.6) is 5.75 Å². The molecule has 0 aliphatic rings. The monoisotopic (exact) mass is 271 g/mol. The molecule has 0 amide bonds. The number of benzene rings is 2. The van der Waals surface area contributed by atoms with Gasteiger partial charge in [0.25, 0.3) is 0 Å². The Morgan fingerprint density at radius 2 is 1.90 bits per heavy atom. The maximum atomic E-state index is 11.6. The molecule has 0 unspecified atom stereocenters. The molecule has 0 saturated carbocycles. The molecular formula is C16H17NO3. The van der Waals surface area contributed by atoms with Crippen LogP contribution in [0.2, 0.25) is 0 Å². The summed E-state index contributed by atoms with van der Waals surface area (Å²) < 4.78 is 10.5. The molecule has 2 rings (SSSR count). The Morgan fingerprint density at radius 3 is 2.60 bits per heavy atom. The number of aryl methyl sites for hydroxylation is 1. The lowest BCUT2D eigenvalue weighted by molar-refractivity contribution is -0.147. The van der Waals surface area contributed by atoms with Crippen LogP contribution in [0.1, 0.15) is 11.1 Å². The molecule has 0 aromatic heterocycles. The lowest BCUT2D eigenvalue weighted by atomic mass is 10.2. The van der Waals surface area contributed by atoms with Crippen molar-refractivity contribution in [3.63, 3.8) is 0 Å². The van der Waals surface area contributed by atoms with Crippen molar-refractivity contribution in [3.05, 3.63) is 59.7 Å². The molecule has 0 fully saturated rings. The van der Waals surface area contributed by atoms with Gasteiger partial charge >= 0.3 is 5.97 Å². The molecule has 0 bridgehead atoms. The van der Waals surface area contributed by atoms with Crippen molar-refractivity contribution >= 4 is 11.7 Å². The van der Waals surface area contributed by atoms with E-state index >= 15 is 0 Å². The number of carbonyl (C=O) groups is 1. The van der Waals surface area contributed by atoms with Crippen LogP contribution >= 0.6 is 0 Å². The van der Waals surface area contributed by atoms with E-state index in [0.29, 0.717) is 11.4 Å². The molecule has 2 aromatic carbocycles. The van der Waals surface area contributed by atoms with Crippen LogP contribution in [-0.4, -0.2) is 12.6 Å². The molecule has 4 heteroatoms. The molecule has 0 radical (unpaired) electrons. The van der Waals surface area contributed by atoms with Crippen molar-refractivity contribution in [3.8, 4) is 5.75 Å². The first-order chi connectivity index (χ1) is 9.65. The summed E-state index contributed by atoms with van der Waals surface area (Å²) in [5.41, 5.74) is 8.15. The molecule has 4 nitrogen and oxygen atoms in total. The van der Waals surface area contributed by atoms with Crippen LogP contribution < -0.4 is 10.5 Å². The Hall–Kier alpha value is -2.49. The highest BCUT2D eigenvalue weighted by Gasteiger charge is 2.06. The van der Waals surface area contributed by atoms with E-state index in [4.69, 9.17) is 15.2 Å². The van der Waals surface area contributed by atoms with Gasteiger partial charge in [-0.3, -0.25) is 0 Å². The minimum Gasteiger partial charge on any atom is -0.482 e. The number of hydrogen-bond donors (Lipinski definition) is 1. The largest absolute Gasteiger partial charge is 0.482 e. The van der Waals surface area contributed by atoms with E-state index < -0.39 is 5.97 Å². The minimum atomic E-state index is -0.398. The molecule has 0 atom stereocenters. The predicted molar refractivity (Wildman–Crippen MR) is 77.3 cm³/mol. The molecule has 104 valence electrons. The number of ether oxygens (including phenoxy) is 2. The molecule has 0 heterocycles. The summed E-state index contributed by atoms with van der Waals surface area (Å²) >= 11 is 0. The van der Waals surface area contributed by atoms with E-state index in [0.717, 1.165) is 11.1 Å². The molecular weight excluding hydrogens is 254 g/mol. The van der Waals surface area contributed by atoms with Crippen LogP contribution in [0.3, 0.4) is 0 Å². The third kappa shape index (κ3) is 4.02. The first-order valence-corrected chi connectivity index (χ1v) is 6.33. The van der Waals surface area contributed by atoms with Crippen molar-refractivity contribution in [2.24, 2.45) is 0 Å². The number of anilines is 1. The summed E-state index contributed by atoms with van der Waals surface area (Å²) in [5.74, 6) is 0.237. The summed E-state index contributed by atoms with van der Waals surface area (Å²) in [6.07, 6.45) is 0. The van der Waals surface area contributed by atoms with Crippen LogP contribution in [0.25, 0.3) is 0 Å². The lowest BCUT2D eigenvalue weighted by Gasteiger charge is -2.09. The summed E-state index contributed by atoms with van der Waals surface area (Å²) in [5, 5.41) is 0. The van der Waals surface area contributed by atoms with Gasteiger partial charge in [0.1, 0.15) is 12.4 Å². The Bertz CT molecular complexity index is 582. The lowest BCUT2D eigenvalue weighted by Crippen LogP contribution is -2.15. The van der Waals surface area contributed by atoms with Crippen LogP contribution in [0.15, 0.2) is 48.5 Å². The smallest absolute Gasteiger partial charge is 0.344 e. The van der Waals surface area contributed by atoms with E-state index in [2.05, 4.69) is 0 Å². The topological polar surface area (TPSA) is 61.5 Å². The molecule has 0 aliphatic carbocycles. The number of rotatable bonds is 5. The fourth-order valence-electron chi connectivity index (χ4n) is 1.75. The SMILES string of the molecule is Cc1cc(N)ccc1OCC(=O)OCc1ccccc1. The fourth-order valence-corrected chi connectivity index (χ4v) is 1.75. The van der Waals surface area contributed by atoms with Gasteiger partial charge in [0.2, 0.25) is 0 Å². The Morgan fingerprint density at radius 1 is 1.15 bits per heavy atom. The van der Waals surface area contributed by atoms with Crippen molar-refractivity contribution in [2.45, 2.75) is 13.5 Å². The fraction of sp³-hybridized carbons (Fsp3) is 0.188. The third-order valence-corrected chi connectivity index (χ3v) is 2.79. The Balaban J connectivity index is 1.80. The molecule has 2 aromatic rings. The zero-order valence-corrected chi connectivity index (χ0v) is 11.3. The van der Waals surface area contributed by atoms with Crippen molar-refractivity contribution in [2.75, 3.05) is 12.3 Å². The first-order valence-electron chi connectivity index (χ1n) is 6.33.